The van der Waals surface area contributed by atoms with Crippen molar-refractivity contribution in [1.82, 2.24) is 9.97 Å². The van der Waals surface area contributed by atoms with Crippen LogP contribution in [0.3, 0.4) is 0 Å². The molecule has 0 saturated carbocycles. The van der Waals surface area contributed by atoms with Crippen LogP contribution in [0, 0.1) is 0 Å². The summed E-state index contributed by atoms with van der Waals surface area (Å²) in [5.41, 5.74) is 0.651. The van der Waals surface area contributed by atoms with Crippen molar-refractivity contribution in [2.24, 2.45) is 0 Å². The zero-order valence-corrected chi connectivity index (χ0v) is 7.66. The van der Waals surface area contributed by atoms with E-state index in [2.05, 4.69) is 9.97 Å². The zero-order valence-electron chi connectivity index (χ0n) is 6.84. The minimum atomic E-state index is -0.0408. The van der Waals surface area contributed by atoms with Crippen molar-refractivity contribution in [2.75, 3.05) is 0 Å². The van der Waals surface area contributed by atoms with Crippen LogP contribution in [0.2, 0.25) is 0 Å². The van der Waals surface area contributed by atoms with E-state index in [9.17, 15) is 0 Å². The van der Waals surface area contributed by atoms with Crippen LogP contribution in [0.15, 0.2) is 29.8 Å². The van der Waals surface area contributed by atoms with Gasteiger partial charge in [0, 0.05) is 6.20 Å². The second kappa shape index (κ2) is 3.64. The largest absolute Gasteiger partial charge is 0.390 e. The van der Waals surface area contributed by atoms with Crippen molar-refractivity contribution in [3.05, 3.63) is 35.5 Å². The number of nitrogens with zero attached hydrogens (tertiary/aromatic N) is 2. The van der Waals surface area contributed by atoms with Gasteiger partial charge in [0.25, 0.3) is 0 Å². The quantitative estimate of drug-likeness (QED) is 0.787. The van der Waals surface area contributed by atoms with Crippen LogP contribution in [0.25, 0.3) is 10.7 Å². The molecule has 1 N–H and O–H groups in total. The molecule has 0 aromatic carbocycles. The highest BCUT2D eigenvalue weighted by atomic mass is 32.1. The molecule has 2 aromatic heterocycles. The topological polar surface area (TPSA) is 46.0 Å². The summed E-state index contributed by atoms with van der Waals surface area (Å²) in [5.74, 6) is 0.682. The summed E-state index contributed by atoms with van der Waals surface area (Å²) in [6.07, 6.45) is 1.66. The molecule has 0 unspecified atom stereocenters. The molecular formula is C9H8N2OS. The lowest BCUT2D eigenvalue weighted by atomic mass is 10.4. The number of hydrogen-bond donors (Lipinski definition) is 1. The number of aromatic nitrogens is 2. The van der Waals surface area contributed by atoms with Crippen molar-refractivity contribution < 1.29 is 5.11 Å². The van der Waals surface area contributed by atoms with E-state index in [0.29, 0.717) is 11.5 Å². The maximum atomic E-state index is 8.87. The summed E-state index contributed by atoms with van der Waals surface area (Å²) in [4.78, 5) is 9.32. The lowest BCUT2D eigenvalue weighted by molar-refractivity contribution is 0.277. The minimum absolute atomic E-state index is 0.0408. The fourth-order valence-electron chi connectivity index (χ4n) is 1.01. The molecule has 0 bridgehead atoms. The third-order valence-electron chi connectivity index (χ3n) is 1.62. The molecule has 0 atom stereocenters. The Bertz CT molecular complexity index is 386. The Balaban J connectivity index is 2.41. The number of thiophene rings is 1. The summed E-state index contributed by atoms with van der Waals surface area (Å²) in [6, 6.07) is 5.62. The molecule has 0 aliphatic heterocycles. The van der Waals surface area contributed by atoms with E-state index < -0.39 is 0 Å². The lowest BCUT2D eigenvalue weighted by Crippen LogP contribution is -1.92. The standard InChI is InChI=1S/C9H8N2OS/c12-6-7-3-4-10-9(11-7)8-2-1-5-13-8/h1-5,12H,6H2. The van der Waals surface area contributed by atoms with Crippen molar-refractivity contribution in [2.45, 2.75) is 6.61 Å². The number of hydrogen-bond acceptors (Lipinski definition) is 4. The zero-order chi connectivity index (χ0) is 9.10. The van der Waals surface area contributed by atoms with Gasteiger partial charge in [0.2, 0.25) is 0 Å². The smallest absolute Gasteiger partial charge is 0.169 e. The van der Waals surface area contributed by atoms with Crippen LogP contribution in [0.1, 0.15) is 5.69 Å². The highest BCUT2D eigenvalue weighted by Crippen LogP contribution is 2.20. The minimum Gasteiger partial charge on any atom is -0.390 e. The number of aliphatic hydroxyl groups is 1. The van der Waals surface area contributed by atoms with Crippen LogP contribution in [0.5, 0.6) is 0 Å². The molecule has 66 valence electrons. The molecule has 2 rings (SSSR count). The van der Waals surface area contributed by atoms with Crippen molar-refractivity contribution in [3.8, 4) is 10.7 Å². The molecule has 0 aliphatic rings. The van der Waals surface area contributed by atoms with Crippen molar-refractivity contribution in [3.63, 3.8) is 0 Å². The summed E-state index contributed by atoms with van der Waals surface area (Å²) < 4.78 is 0. The van der Waals surface area contributed by atoms with E-state index >= 15 is 0 Å². The van der Waals surface area contributed by atoms with E-state index in [1.54, 1.807) is 23.6 Å². The summed E-state index contributed by atoms with van der Waals surface area (Å²) in [5, 5.41) is 10.8. The highest BCUT2D eigenvalue weighted by molar-refractivity contribution is 7.13. The van der Waals surface area contributed by atoms with Crippen molar-refractivity contribution in [1.29, 1.82) is 0 Å². The van der Waals surface area contributed by atoms with Crippen LogP contribution in [-0.2, 0) is 6.61 Å². The SMILES string of the molecule is OCc1ccnc(-c2cccs2)n1. The first-order valence-electron chi connectivity index (χ1n) is 3.87. The van der Waals surface area contributed by atoms with Crippen molar-refractivity contribution >= 4 is 11.3 Å². The van der Waals surface area contributed by atoms with Gasteiger partial charge in [0.15, 0.2) is 5.82 Å². The number of aliphatic hydroxyl groups excluding tert-OH is 1. The average Bonchev–Trinajstić information content (AvgIpc) is 2.71. The van der Waals surface area contributed by atoms with Gasteiger partial charge in [0.1, 0.15) is 0 Å². The first kappa shape index (κ1) is 8.34. The Labute approximate surface area is 79.7 Å². The van der Waals surface area contributed by atoms with Gasteiger partial charge < -0.3 is 5.11 Å². The normalized spacial score (nSPS) is 10.2. The van der Waals surface area contributed by atoms with Gasteiger partial charge in [-0.05, 0) is 17.5 Å². The third kappa shape index (κ3) is 1.74. The second-order valence-corrected chi connectivity index (χ2v) is 3.45. The predicted octanol–water partition coefficient (Wildman–Crippen LogP) is 1.70. The van der Waals surface area contributed by atoms with Gasteiger partial charge in [-0.2, -0.15) is 0 Å². The third-order valence-corrected chi connectivity index (χ3v) is 2.48. The van der Waals surface area contributed by atoms with E-state index in [0.717, 1.165) is 4.88 Å². The highest BCUT2D eigenvalue weighted by Gasteiger charge is 2.01. The van der Waals surface area contributed by atoms with E-state index in [-0.39, 0.29) is 6.61 Å². The van der Waals surface area contributed by atoms with E-state index in [4.69, 9.17) is 5.11 Å². The van der Waals surface area contributed by atoms with Gasteiger partial charge in [-0.1, -0.05) is 6.07 Å². The maximum Gasteiger partial charge on any atom is 0.169 e. The molecule has 0 saturated heterocycles. The van der Waals surface area contributed by atoms with Crippen LogP contribution in [0.4, 0.5) is 0 Å². The van der Waals surface area contributed by atoms with Crippen LogP contribution >= 0.6 is 11.3 Å². The fourth-order valence-corrected chi connectivity index (χ4v) is 1.67. The maximum absolute atomic E-state index is 8.87. The molecule has 4 heteroatoms. The Kier molecular flexibility index (Phi) is 2.33. The van der Waals surface area contributed by atoms with Gasteiger partial charge in [-0.3, -0.25) is 0 Å². The van der Waals surface area contributed by atoms with Crippen LogP contribution in [-0.4, -0.2) is 15.1 Å². The fraction of sp³-hybridized carbons (Fsp3) is 0.111. The van der Waals surface area contributed by atoms with Gasteiger partial charge >= 0.3 is 0 Å². The van der Waals surface area contributed by atoms with Gasteiger partial charge in [0.05, 0.1) is 17.2 Å². The molecular weight excluding hydrogens is 184 g/mol. The summed E-state index contributed by atoms with van der Waals surface area (Å²) >= 11 is 1.59. The first-order valence-corrected chi connectivity index (χ1v) is 4.75. The molecule has 0 amide bonds. The Hall–Kier alpha value is -1.26. The average molecular weight is 192 g/mol. The first-order chi connectivity index (χ1) is 6.40. The van der Waals surface area contributed by atoms with Crippen LogP contribution < -0.4 is 0 Å². The summed E-state index contributed by atoms with van der Waals surface area (Å²) in [6.45, 7) is -0.0408. The summed E-state index contributed by atoms with van der Waals surface area (Å²) in [7, 11) is 0. The van der Waals surface area contributed by atoms with E-state index in [1.807, 2.05) is 17.5 Å². The monoisotopic (exact) mass is 192 g/mol. The predicted molar refractivity (Wildman–Crippen MR) is 51.3 cm³/mol. The Morgan fingerprint density at radius 3 is 3.00 bits per heavy atom. The Morgan fingerprint density at radius 2 is 2.31 bits per heavy atom. The Morgan fingerprint density at radius 1 is 1.38 bits per heavy atom. The number of rotatable bonds is 2. The van der Waals surface area contributed by atoms with E-state index in [1.165, 1.54) is 0 Å². The molecule has 2 heterocycles. The molecule has 0 radical (unpaired) electrons. The molecule has 2 aromatic rings. The molecule has 13 heavy (non-hydrogen) atoms. The van der Waals surface area contributed by atoms with Gasteiger partial charge in [-0.15, -0.1) is 11.3 Å². The van der Waals surface area contributed by atoms with Gasteiger partial charge in [-0.25, -0.2) is 9.97 Å². The molecule has 0 aliphatic carbocycles. The molecule has 3 nitrogen and oxygen atoms in total. The molecule has 0 fully saturated rings. The molecule has 0 spiro atoms. The second-order valence-electron chi connectivity index (χ2n) is 2.51. The lowest BCUT2D eigenvalue weighted by Gasteiger charge is -1.97.